The molecule has 494 valence electrons. The molecule has 4 rings (SSSR count). The van der Waals surface area contributed by atoms with Crippen LogP contribution in [0, 0.1) is 54.3 Å². The lowest BCUT2D eigenvalue weighted by Crippen LogP contribution is -2.12. The van der Waals surface area contributed by atoms with E-state index in [1.54, 1.807) is 59.6 Å². The molecule has 0 bridgehead atoms. The standard InChI is InChI=1S/C67H87Br2NO19S/c1-9-14-53-46-65(87-40-36-79-32-28-75-6)57(47-62(53)86-39-35-78-31-27-74-5)19-18-56-48-63(83-24-11-21-68)55(49-64(56)84-25-12-22-70(4)69)17-20-59-51-66(88-41-37-80-33-29-76-7)58(50-67(59)89-42-38-81-34-30-77-8)16-15-54-45-60(82-23-10-2)52(3)44-61(54)85-26-13-43-90(71,72)73/h44-51H,10-13,21-43H2,1-8H3,(H,71,72,73). The fourth-order valence-electron chi connectivity index (χ4n) is 7.71. The molecule has 4 aromatic carbocycles. The summed E-state index contributed by atoms with van der Waals surface area (Å²) in [7, 11) is 4.17. The third-order valence-corrected chi connectivity index (χ3v) is 13.8. The lowest BCUT2D eigenvalue weighted by atomic mass is 10.0. The molecular formula is C67H87Br2NO19S. The van der Waals surface area contributed by atoms with E-state index in [0.29, 0.717) is 196 Å². The number of nitrogens with zero attached hydrogens (tertiary/aromatic N) is 1. The number of methoxy groups -OCH3 is 4. The molecule has 0 atom stereocenters. The van der Waals surface area contributed by atoms with Crippen LogP contribution in [0.4, 0.5) is 0 Å². The molecular weight excluding hydrogens is 1310 g/mol. The minimum atomic E-state index is -4.20. The van der Waals surface area contributed by atoms with Crippen LogP contribution in [-0.4, -0.2) is 202 Å². The fraction of sp³-hybridized carbons (Fsp3) is 0.522. The van der Waals surface area contributed by atoms with Gasteiger partial charge in [0, 0.05) is 92.9 Å². The van der Waals surface area contributed by atoms with E-state index in [2.05, 4.69) is 79.4 Å². The van der Waals surface area contributed by atoms with E-state index >= 15 is 0 Å². The van der Waals surface area contributed by atoms with Crippen molar-refractivity contribution in [2.75, 3.05) is 185 Å². The number of halogens is 2. The summed E-state index contributed by atoms with van der Waals surface area (Å²) in [5.74, 6) is 29.3. The van der Waals surface area contributed by atoms with Crippen molar-refractivity contribution in [2.45, 2.75) is 46.5 Å². The Hall–Kier alpha value is -5.97. The first-order chi connectivity index (χ1) is 43.8. The molecule has 0 unspecified atom stereocenters. The van der Waals surface area contributed by atoms with Gasteiger partial charge in [-0.2, -0.15) is 8.42 Å². The SMILES string of the molecule is CC#Cc1cc(OCCOCCOC)c(C#Cc2cc(OCCCBr)c(C#Cc3cc(OCCOCCOC)c(C#Cc4cc(OCCC)c(C)cc4OCCCS(=O)(=O)O)cc3OCCOCCOC)cc2OCCCN(C)Br)cc1OCCOCCOC. The quantitative estimate of drug-likeness (QED) is 0.0144. The summed E-state index contributed by atoms with van der Waals surface area (Å²) in [6.07, 6.45) is 2.19. The van der Waals surface area contributed by atoms with Crippen LogP contribution in [0.15, 0.2) is 48.5 Å². The second kappa shape index (κ2) is 46.1. The molecule has 0 saturated heterocycles. The normalized spacial score (nSPS) is 10.9. The predicted molar refractivity (Wildman–Crippen MR) is 352 cm³/mol. The summed E-state index contributed by atoms with van der Waals surface area (Å²) in [5.41, 5.74) is 4.31. The molecule has 0 aromatic heterocycles. The van der Waals surface area contributed by atoms with Crippen LogP contribution < -0.4 is 37.9 Å². The lowest BCUT2D eigenvalue weighted by molar-refractivity contribution is 0.0538. The molecule has 0 fully saturated rings. The van der Waals surface area contributed by atoms with Crippen molar-refractivity contribution in [3.8, 4) is 93.4 Å². The molecule has 0 aliphatic rings. The Morgan fingerprint density at radius 1 is 0.411 bits per heavy atom. The van der Waals surface area contributed by atoms with E-state index in [0.717, 1.165) is 12.0 Å². The predicted octanol–water partition coefficient (Wildman–Crippen LogP) is 9.35. The Kier molecular flexibility index (Phi) is 39.2. The summed E-state index contributed by atoms with van der Waals surface area (Å²) in [5, 5.41) is 0.695. The Morgan fingerprint density at radius 2 is 0.700 bits per heavy atom. The maximum absolute atomic E-state index is 11.5. The van der Waals surface area contributed by atoms with E-state index in [4.69, 9.17) is 75.8 Å². The number of alkyl halides is 1. The van der Waals surface area contributed by atoms with Crippen LogP contribution in [-0.2, 0) is 48.0 Å². The van der Waals surface area contributed by atoms with Gasteiger partial charge in [-0.3, -0.25) is 4.55 Å². The third-order valence-electron chi connectivity index (χ3n) is 12.1. The van der Waals surface area contributed by atoms with Crippen molar-refractivity contribution in [3.05, 3.63) is 93.0 Å². The van der Waals surface area contributed by atoms with Crippen LogP contribution >= 0.6 is 32.1 Å². The summed E-state index contributed by atoms with van der Waals surface area (Å²) in [6, 6.07) is 14.4. The third kappa shape index (κ3) is 30.9. The van der Waals surface area contributed by atoms with E-state index in [1.165, 1.54) is 0 Å². The number of benzene rings is 4. The largest absolute Gasteiger partial charge is 0.493 e. The van der Waals surface area contributed by atoms with Gasteiger partial charge in [0.2, 0.25) is 0 Å². The van der Waals surface area contributed by atoms with E-state index in [-0.39, 0.29) is 52.7 Å². The second-order valence-corrected chi connectivity index (χ2v) is 22.9. The van der Waals surface area contributed by atoms with Gasteiger partial charge in [-0.1, -0.05) is 64.3 Å². The fourth-order valence-corrected chi connectivity index (χ4v) is 8.67. The summed E-state index contributed by atoms with van der Waals surface area (Å²) in [4.78, 5) is 0. The zero-order chi connectivity index (χ0) is 65.0. The van der Waals surface area contributed by atoms with Gasteiger partial charge in [0.05, 0.1) is 150 Å². The molecule has 20 nitrogen and oxygen atoms in total. The van der Waals surface area contributed by atoms with Gasteiger partial charge in [-0.15, -0.1) is 5.92 Å². The molecule has 4 aromatic rings. The highest BCUT2D eigenvalue weighted by molar-refractivity contribution is 9.09. The molecule has 23 heteroatoms. The monoisotopic (exact) mass is 1400 g/mol. The highest BCUT2D eigenvalue weighted by Crippen LogP contribution is 2.34. The van der Waals surface area contributed by atoms with Crippen LogP contribution in [0.2, 0.25) is 0 Å². The molecule has 0 radical (unpaired) electrons. The second-order valence-electron chi connectivity index (χ2n) is 19.3. The highest BCUT2D eigenvalue weighted by Gasteiger charge is 2.17. The van der Waals surface area contributed by atoms with E-state index in [1.807, 2.05) is 49.1 Å². The van der Waals surface area contributed by atoms with E-state index in [9.17, 15) is 13.0 Å². The molecule has 0 heterocycles. The summed E-state index contributed by atoms with van der Waals surface area (Å²) >= 11 is 7.07. The smallest absolute Gasteiger partial charge is 0.264 e. The number of ether oxygens (including phenoxy) is 16. The van der Waals surface area contributed by atoms with Gasteiger partial charge in [-0.25, -0.2) is 3.93 Å². The molecule has 90 heavy (non-hydrogen) atoms. The molecule has 1 N–H and O–H groups in total. The first-order valence-corrected chi connectivity index (χ1v) is 33.1. The molecule has 0 spiro atoms. The zero-order valence-corrected chi connectivity index (χ0v) is 57.1. The van der Waals surface area contributed by atoms with Crippen LogP contribution in [0.25, 0.3) is 0 Å². The van der Waals surface area contributed by atoms with Crippen molar-refractivity contribution in [1.82, 2.24) is 3.93 Å². The van der Waals surface area contributed by atoms with Crippen molar-refractivity contribution in [2.24, 2.45) is 0 Å². The van der Waals surface area contributed by atoms with Gasteiger partial charge in [0.15, 0.2) is 0 Å². The van der Waals surface area contributed by atoms with Gasteiger partial charge >= 0.3 is 0 Å². The number of aryl methyl sites for hydroxylation is 1. The van der Waals surface area contributed by atoms with Gasteiger partial charge in [0.1, 0.15) is 72.4 Å². The molecule has 0 aliphatic carbocycles. The van der Waals surface area contributed by atoms with Gasteiger partial charge in [-0.05, 0) is 64.3 Å². The van der Waals surface area contributed by atoms with Gasteiger partial charge in [0.25, 0.3) is 10.1 Å². The highest BCUT2D eigenvalue weighted by atomic mass is 79.9. The van der Waals surface area contributed by atoms with Crippen LogP contribution in [0.1, 0.15) is 84.0 Å². The van der Waals surface area contributed by atoms with E-state index < -0.39 is 15.9 Å². The number of hydrogen-bond donors (Lipinski definition) is 1. The Balaban J connectivity index is 1.98. The summed E-state index contributed by atoms with van der Waals surface area (Å²) < 4.78 is 129. The first kappa shape index (κ1) is 76.5. The summed E-state index contributed by atoms with van der Waals surface area (Å²) in [6.45, 7) is 12.7. The first-order valence-electron chi connectivity index (χ1n) is 29.6. The zero-order valence-electron chi connectivity index (χ0n) is 53.1. The molecule has 0 amide bonds. The maximum atomic E-state index is 11.5. The van der Waals surface area contributed by atoms with Gasteiger partial charge < -0.3 is 75.8 Å². The van der Waals surface area contributed by atoms with Crippen molar-refractivity contribution >= 4 is 42.2 Å². The Morgan fingerprint density at radius 3 is 1.01 bits per heavy atom. The Labute approximate surface area is 549 Å². The van der Waals surface area contributed by atoms with Crippen molar-refractivity contribution in [1.29, 1.82) is 0 Å². The maximum Gasteiger partial charge on any atom is 0.264 e. The molecule has 0 saturated carbocycles. The average Bonchev–Trinajstić information content (AvgIpc) is 1.05. The lowest BCUT2D eigenvalue weighted by Gasteiger charge is -2.15. The number of rotatable bonds is 45. The van der Waals surface area contributed by atoms with Crippen molar-refractivity contribution in [3.63, 3.8) is 0 Å². The average molecular weight is 1400 g/mol. The Bertz CT molecular complexity index is 3130. The van der Waals surface area contributed by atoms with Crippen molar-refractivity contribution < 1.29 is 88.8 Å². The molecule has 0 aliphatic heterocycles. The number of hydrogen-bond acceptors (Lipinski definition) is 19. The minimum Gasteiger partial charge on any atom is -0.493 e. The topological polar surface area (TPSA) is 205 Å². The van der Waals surface area contributed by atoms with Crippen LogP contribution in [0.5, 0.6) is 46.0 Å². The van der Waals surface area contributed by atoms with Crippen LogP contribution in [0.3, 0.4) is 0 Å². The minimum absolute atomic E-state index is 0.00244.